The molecule has 0 amide bonds. The van der Waals surface area contributed by atoms with Gasteiger partial charge in [-0.05, 0) is 143 Å². The first-order chi connectivity index (χ1) is 41.9. The Morgan fingerprint density at radius 1 is 0.523 bits per heavy atom. The lowest BCUT2D eigenvalue weighted by Gasteiger charge is -2.20. The Bertz CT molecular complexity index is 3830. The zero-order valence-electron chi connectivity index (χ0n) is 49.3. The van der Waals surface area contributed by atoms with Gasteiger partial charge in [-0.15, -0.1) is 0 Å². The number of carbonyl (C=O) groups excluding carboxylic acids is 1. The molecule has 2 saturated heterocycles. The number of esters is 1. The highest BCUT2D eigenvalue weighted by atomic mass is 16.5. The fourth-order valence-electron chi connectivity index (χ4n) is 11.6. The summed E-state index contributed by atoms with van der Waals surface area (Å²) in [6.07, 6.45) is 2.73. The number of nitrogens with zero attached hydrogens (tertiary/aromatic N) is 8. The molecule has 2 aliphatic heterocycles. The van der Waals surface area contributed by atoms with Crippen LogP contribution in [0.25, 0.3) is 34.3 Å². The molecule has 1 N–H and O–H groups in total. The lowest BCUT2D eigenvalue weighted by atomic mass is 9.90. The maximum absolute atomic E-state index is 13.1. The number of carboxylic acid groups (broad SMARTS) is 1. The van der Waals surface area contributed by atoms with Gasteiger partial charge in [0, 0.05) is 62.3 Å². The highest BCUT2D eigenvalue weighted by Gasteiger charge is 2.41. The molecule has 12 rings (SSSR count). The Morgan fingerprint density at radius 3 is 1.33 bits per heavy atom. The molecular weight excluding hydrogens is 1080 g/mol. The Balaban J connectivity index is 0.000000179. The quantitative estimate of drug-likeness (QED) is 0.0672. The van der Waals surface area contributed by atoms with Gasteiger partial charge < -0.3 is 38.0 Å². The van der Waals surface area contributed by atoms with Crippen LogP contribution in [0.15, 0.2) is 191 Å². The highest BCUT2D eigenvalue weighted by Crippen LogP contribution is 2.36. The number of carbonyl (C=O) groups is 2. The lowest BCUT2D eigenvalue weighted by Crippen LogP contribution is -2.27. The summed E-state index contributed by atoms with van der Waals surface area (Å²) in [6.45, 7) is 13.5. The third-order valence-electron chi connectivity index (χ3n) is 15.9. The molecule has 4 atom stereocenters. The number of ether oxygens (including phenoxy) is 3. The second-order valence-electron chi connectivity index (χ2n) is 22.1. The van der Waals surface area contributed by atoms with E-state index in [0.717, 1.165) is 104 Å². The fraction of sp³-hybridized carbons (Fsp3) is 0.286. The SMILES string of the molecule is CCOC(=O)[C@H]1CN(c2cc(C)nn2-c2ccccc2)C[C@H]1Cc1ccc(OCCc2nc(-c3ccccc3)oc2C)cc1.Cc1cc(N2C[C@@H](Cc3ccc(OCCc4nc(-c5ccccc5)oc4C)cc3)[C@@H](C(=O)O)C2)n(-c2ccccc2)n1. The van der Waals surface area contributed by atoms with E-state index in [1.165, 1.54) is 0 Å². The monoisotopic (exact) mass is 1150 g/mol. The van der Waals surface area contributed by atoms with Crippen molar-refractivity contribution in [3.63, 3.8) is 0 Å². The standard InChI is InChI=1S/C36H38N4O4.C34H34N4O4/c1-4-42-36(41)32-24-39(34-21-25(2)38-40(34)30-13-9-6-10-14-30)23-29(32)22-27-15-17-31(18-16-27)43-20-19-33-26(3)44-35(37-33)28-11-7-5-8-12-28;1-23-19-32(38(36-23)28-11-7-4-8-12-28)37-21-27(30(22-37)34(39)40)20-25-13-15-29(16-14-25)41-18-17-31-24(2)42-33(35-31)26-9-5-3-6-10-26/h5-18,21,29,32H,4,19-20,22-24H2,1-3H3;3-16,19,27,30H,17-18,20-22H2,1-2H3,(H,39,40)/t29-,32+;27-,30+/m11/s1. The van der Waals surface area contributed by atoms with Gasteiger partial charge in [0.1, 0.15) is 34.7 Å². The Kier molecular flexibility index (Phi) is 18.2. The maximum atomic E-state index is 13.1. The number of anilines is 2. The van der Waals surface area contributed by atoms with Gasteiger partial charge in [0.2, 0.25) is 11.8 Å². The van der Waals surface area contributed by atoms with E-state index in [4.69, 9.17) is 28.1 Å². The number of benzene rings is 6. The van der Waals surface area contributed by atoms with Crippen LogP contribution in [0.2, 0.25) is 0 Å². The molecule has 2 aliphatic rings. The van der Waals surface area contributed by atoms with Gasteiger partial charge in [0.05, 0.1) is 65.8 Å². The second-order valence-corrected chi connectivity index (χ2v) is 22.1. The van der Waals surface area contributed by atoms with E-state index in [2.05, 4.69) is 43.1 Å². The van der Waals surface area contributed by atoms with Gasteiger partial charge in [-0.3, -0.25) is 9.59 Å². The van der Waals surface area contributed by atoms with Gasteiger partial charge in [-0.1, -0.05) is 97.1 Å². The summed E-state index contributed by atoms with van der Waals surface area (Å²) in [5.74, 6) is 4.85. The Labute approximate surface area is 501 Å². The van der Waals surface area contributed by atoms with Gasteiger partial charge in [0.15, 0.2) is 0 Å². The normalized spacial score (nSPS) is 16.4. The number of oxazole rings is 2. The molecule has 2 fully saturated rings. The number of carboxylic acids is 1. The van der Waals surface area contributed by atoms with Crippen LogP contribution in [0, 0.1) is 51.4 Å². The van der Waals surface area contributed by atoms with E-state index in [0.29, 0.717) is 70.5 Å². The molecule has 0 unspecified atom stereocenters. The number of hydrogen-bond acceptors (Lipinski definition) is 13. The number of rotatable bonds is 21. The molecule has 0 aliphatic carbocycles. The van der Waals surface area contributed by atoms with Crippen LogP contribution in [0.1, 0.15) is 52.3 Å². The van der Waals surface area contributed by atoms with Crippen molar-refractivity contribution in [1.82, 2.24) is 29.5 Å². The third kappa shape index (κ3) is 13.9. The molecule has 6 aromatic carbocycles. The average Bonchev–Trinajstić information content (AvgIpc) is 2.99. The largest absolute Gasteiger partial charge is 0.493 e. The molecule has 16 nitrogen and oxygen atoms in total. The molecule has 10 aromatic rings. The number of aliphatic carboxylic acids is 1. The molecule has 86 heavy (non-hydrogen) atoms. The number of para-hydroxylation sites is 2. The van der Waals surface area contributed by atoms with E-state index >= 15 is 0 Å². The molecule has 6 heterocycles. The molecule has 0 spiro atoms. The van der Waals surface area contributed by atoms with Crippen molar-refractivity contribution >= 4 is 23.6 Å². The Morgan fingerprint density at radius 2 is 0.919 bits per heavy atom. The zero-order valence-corrected chi connectivity index (χ0v) is 49.3. The van der Waals surface area contributed by atoms with Crippen LogP contribution in [0.5, 0.6) is 11.5 Å². The molecule has 0 bridgehead atoms. The van der Waals surface area contributed by atoms with Crippen molar-refractivity contribution in [2.45, 2.75) is 60.3 Å². The summed E-state index contributed by atoms with van der Waals surface area (Å²) < 4.78 is 33.2. The lowest BCUT2D eigenvalue weighted by molar-refractivity contribution is -0.148. The van der Waals surface area contributed by atoms with Crippen molar-refractivity contribution in [1.29, 1.82) is 0 Å². The van der Waals surface area contributed by atoms with Crippen molar-refractivity contribution in [2.24, 2.45) is 23.7 Å². The summed E-state index contributed by atoms with van der Waals surface area (Å²) in [5, 5.41) is 19.5. The second kappa shape index (κ2) is 26.9. The van der Waals surface area contributed by atoms with Crippen LogP contribution in [-0.2, 0) is 40.0 Å². The van der Waals surface area contributed by atoms with E-state index in [-0.39, 0.29) is 23.7 Å². The van der Waals surface area contributed by atoms with Gasteiger partial charge in [-0.25, -0.2) is 19.3 Å². The topological polar surface area (TPSA) is 176 Å². The molecule has 0 saturated carbocycles. The van der Waals surface area contributed by atoms with Crippen molar-refractivity contribution in [2.75, 3.05) is 55.8 Å². The van der Waals surface area contributed by atoms with Crippen molar-refractivity contribution in [3.8, 4) is 45.8 Å². The molecule has 440 valence electrons. The predicted molar refractivity (Wildman–Crippen MR) is 331 cm³/mol. The van der Waals surface area contributed by atoms with E-state index in [9.17, 15) is 14.7 Å². The number of aromatic nitrogens is 6. The van der Waals surface area contributed by atoms with E-state index < -0.39 is 11.9 Å². The molecule has 16 heteroatoms. The first kappa shape index (κ1) is 58.1. The summed E-state index contributed by atoms with van der Waals surface area (Å²) in [5.41, 5.74) is 9.75. The molecule has 0 radical (unpaired) electrons. The molecular formula is C70H72N8O8. The summed E-state index contributed by atoms with van der Waals surface area (Å²) >= 11 is 0. The van der Waals surface area contributed by atoms with E-state index in [1.54, 1.807) is 0 Å². The summed E-state index contributed by atoms with van der Waals surface area (Å²) in [7, 11) is 0. The van der Waals surface area contributed by atoms with Gasteiger partial charge in [0.25, 0.3) is 0 Å². The first-order valence-corrected chi connectivity index (χ1v) is 29.5. The van der Waals surface area contributed by atoms with Crippen LogP contribution in [0.3, 0.4) is 0 Å². The van der Waals surface area contributed by atoms with Gasteiger partial charge >= 0.3 is 11.9 Å². The summed E-state index contributed by atoms with van der Waals surface area (Å²) in [6, 6.07) is 60.1. The van der Waals surface area contributed by atoms with E-state index in [1.807, 2.05) is 208 Å². The smallest absolute Gasteiger partial charge is 0.311 e. The predicted octanol–water partition coefficient (Wildman–Crippen LogP) is 12.8. The van der Waals surface area contributed by atoms with Crippen LogP contribution >= 0.6 is 0 Å². The summed E-state index contributed by atoms with van der Waals surface area (Å²) in [4.78, 5) is 39.1. The minimum atomic E-state index is -0.761. The Hall–Kier alpha value is -9.70. The molecule has 4 aromatic heterocycles. The minimum absolute atomic E-state index is 0.0253. The minimum Gasteiger partial charge on any atom is -0.493 e. The van der Waals surface area contributed by atoms with Crippen molar-refractivity contribution in [3.05, 3.63) is 227 Å². The zero-order chi connectivity index (χ0) is 59.5. The van der Waals surface area contributed by atoms with Crippen LogP contribution in [0.4, 0.5) is 11.6 Å². The van der Waals surface area contributed by atoms with Gasteiger partial charge in [-0.2, -0.15) is 10.2 Å². The average molecular weight is 1150 g/mol. The van der Waals surface area contributed by atoms with Crippen molar-refractivity contribution < 1.29 is 37.7 Å². The number of hydrogen-bond donors (Lipinski definition) is 1. The number of aryl methyl sites for hydroxylation is 4. The van der Waals surface area contributed by atoms with Crippen LogP contribution < -0.4 is 19.3 Å². The highest BCUT2D eigenvalue weighted by molar-refractivity contribution is 5.75. The first-order valence-electron chi connectivity index (χ1n) is 29.5. The maximum Gasteiger partial charge on any atom is 0.311 e. The third-order valence-corrected chi connectivity index (χ3v) is 15.9. The fourth-order valence-corrected chi connectivity index (χ4v) is 11.6. The van der Waals surface area contributed by atoms with Crippen LogP contribution in [-0.4, -0.2) is 92.6 Å².